The molecule has 1 aromatic heterocycles. The Hall–Kier alpha value is -1.10. The summed E-state index contributed by atoms with van der Waals surface area (Å²) in [5.74, 6) is -0.110. The summed E-state index contributed by atoms with van der Waals surface area (Å²) in [4.78, 5) is 0. The molecule has 0 saturated carbocycles. The summed E-state index contributed by atoms with van der Waals surface area (Å²) in [5.41, 5.74) is 0.764. The average molecular weight is 172 g/mol. The van der Waals surface area contributed by atoms with E-state index in [4.69, 9.17) is 0 Å². The Morgan fingerprint density at radius 2 is 1.91 bits per heavy atom. The Kier molecular flexibility index (Phi) is 1.82. The molecule has 1 heterocycles. The lowest BCUT2D eigenvalue weighted by molar-refractivity contribution is 0.386. The third kappa shape index (κ3) is 0.970. The van der Waals surface area contributed by atoms with E-state index in [0.717, 1.165) is 0 Å². The minimum Gasteiger partial charge on any atom is -0.494 e. The zero-order valence-electron chi connectivity index (χ0n) is 6.20. The molecular formula is C6H8N2O2S. The molecule has 0 amide bonds. The van der Waals surface area contributed by atoms with E-state index in [1.54, 1.807) is 6.92 Å². The number of aromatic nitrogens is 1. The molecule has 2 N–H and O–H groups in total. The second-order valence-electron chi connectivity index (χ2n) is 2.27. The van der Waals surface area contributed by atoms with E-state index >= 15 is 0 Å². The number of nitrogens with zero attached hydrogens (tertiary/aromatic N) is 2. The van der Waals surface area contributed by atoms with E-state index in [2.05, 4.69) is 16.8 Å². The van der Waals surface area contributed by atoms with Gasteiger partial charge in [-0.05, 0) is 6.92 Å². The predicted octanol–water partition coefficient (Wildman–Crippen LogP) is 1.11. The van der Waals surface area contributed by atoms with Crippen molar-refractivity contribution in [2.75, 3.05) is 0 Å². The molecule has 0 unspecified atom stereocenters. The Morgan fingerprint density at radius 3 is 2.09 bits per heavy atom. The fourth-order valence-corrected chi connectivity index (χ4v) is 1.11. The largest absolute Gasteiger partial charge is 0.494 e. The van der Waals surface area contributed by atoms with Crippen LogP contribution in [0.4, 0.5) is 5.69 Å². The smallest absolute Gasteiger partial charge is 0.221 e. The summed E-state index contributed by atoms with van der Waals surface area (Å²) in [6, 6.07) is 0. The van der Waals surface area contributed by atoms with Crippen molar-refractivity contribution in [3.8, 4) is 11.8 Å². The number of hydrogen-bond donors (Lipinski definition) is 2. The molecule has 1 aromatic rings. The van der Waals surface area contributed by atoms with Crippen LogP contribution in [0, 0.1) is 6.92 Å². The van der Waals surface area contributed by atoms with Crippen LogP contribution < -0.4 is 0 Å². The molecule has 5 heteroatoms. The van der Waals surface area contributed by atoms with Crippen LogP contribution in [0.25, 0.3) is 0 Å². The van der Waals surface area contributed by atoms with Gasteiger partial charge in [0.1, 0.15) is 5.69 Å². The highest BCUT2D eigenvalue weighted by Crippen LogP contribution is 2.38. The van der Waals surface area contributed by atoms with Gasteiger partial charge in [0.05, 0.1) is 0 Å². The van der Waals surface area contributed by atoms with E-state index in [1.165, 1.54) is 11.6 Å². The summed E-state index contributed by atoms with van der Waals surface area (Å²) in [6.45, 7) is 1.64. The topological polar surface area (TPSA) is 57.8 Å². The average Bonchev–Trinajstić information content (AvgIpc) is 2.17. The number of rotatable bonds is 1. The van der Waals surface area contributed by atoms with Crippen LogP contribution in [0.15, 0.2) is 4.36 Å². The lowest BCUT2D eigenvalue weighted by atomic mass is 10.3. The summed E-state index contributed by atoms with van der Waals surface area (Å²) in [6.07, 6.45) is 0. The summed E-state index contributed by atoms with van der Waals surface area (Å²) in [7, 11) is 1.53. The van der Waals surface area contributed by atoms with Gasteiger partial charge in [-0.3, -0.25) is 4.57 Å². The summed E-state index contributed by atoms with van der Waals surface area (Å²) >= 11 is 4.41. The first-order valence-electron chi connectivity index (χ1n) is 3.00. The van der Waals surface area contributed by atoms with Gasteiger partial charge in [0.15, 0.2) is 5.88 Å². The van der Waals surface area contributed by atoms with Crippen LogP contribution in [-0.2, 0) is 19.5 Å². The Morgan fingerprint density at radius 1 is 1.36 bits per heavy atom. The lowest BCUT2D eigenvalue weighted by Gasteiger charge is -1.94. The lowest BCUT2D eigenvalue weighted by Crippen LogP contribution is -1.83. The third-order valence-corrected chi connectivity index (χ3v) is 1.81. The molecule has 0 saturated heterocycles. The monoisotopic (exact) mass is 172 g/mol. The zero-order chi connectivity index (χ0) is 8.59. The van der Waals surface area contributed by atoms with E-state index in [-0.39, 0.29) is 17.4 Å². The zero-order valence-corrected chi connectivity index (χ0v) is 7.01. The molecule has 0 atom stereocenters. The van der Waals surface area contributed by atoms with Gasteiger partial charge in [-0.2, -0.15) is 4.36 Å². The van der Waals surface area contributed by atoms with Crippen molar-refractivity contribution in [1.29, 1.82) is 0 Å². The van der Waals surface area contributed by atoms with Crippen molar-refractivity contribution < 1.29 is 10.2 Å². The van der Waals surface area contributed by atoms with Gasteiger partial charge < -0.3 is 10.2 Å². The van der Waals surface area contributed by atoms with Crippen LogP contribution in [-0.4, -0.2) is 14.8 Å². The highest BCUT2D eigenvalue weighted by Gasteiger charge is 2.15. The van der Waals surface area contributed by atoms with Crippen LogP contribution in [0.3, 0.4) is 0 Å². The van der Waals surface area contributed by atoms with Crippen LogP contribution in [0.1, 0.15) is 5.56 Å². The quantitative estimate of drug-likeness (QED) is 0.667. The van der Waals surface area contributed by atoms with Crippen LogP contribution >= 0.6 is 0 Å². The fraction of sp³-hybridized carbons (Fsp3) is 0.333. The van der Waals surface area contributed by atoms with Crippen molar-refractivity contribution in [2.45, 2.75) is 6.92 Å². The molecule has 0 spiro atoms. The van der Waals surface area contributed by atoms with Gasteiger partial charge in [-0.15, -0.1) is 0 Å². The molecule has 1 rings (SSSR count). The minimum atomic E-state index is -0.102. The van der Waals surface area contributed by atoms with Gasteiger partial charge in [-0.1, -0.05) is 0 Å². The molecule has 11 heavy (non-hydrogen) atoms. The molecular weight excluding hydrogens is 164 g/mol. The van der Waals surface area contributed by atoms with E-state index in [9.17, 15) is 10.2 Å². The first-order valence-corrected chi connectivity index (χ1v) is 3.36. The van der Waals surface area contributed by atoms with Crippen molar-refractivity contribution in [3.05, 3.63) is 5.56 Å². The first-order chi connectivity index (χ1) is 5.09. The highest BCUT2D eigenvalue weighted by molar-refractivity contribution is 7.47. The Balaban J connectivity index is 3.47. The molecule has 0 fully saturated rings. The van der Waals surface area contributed by atoms with Crippen LogP contribution in [0.2, 0.25) is 0 Å². The Bertz CT molecular complexity index is 281. The van der Waals surface area contributed by atoms with E-state index in [1.807, 2.05) is 0 Å². The van der Waals surface area contributed by atoms with Crippen molar-refractivity contribution >= 4 is 18.1 Å². The van der Waals surface area contributed by atoms with Gasteiger partial charge >= 0.3 is 0 Å². The summed E-state index contributed by atoms with van der Waals surface area (Å²) in [5, 5.41) is 18.5. The summed E-state index contributed by atoms with van der Waals surface area (Å²) < 4.78 is 4.63. The molecule has 0 bridgehead atoms. The van der Waals surface area contributed by atoms with Gasteiger partial charge in [0, 0.05) is 25.0 Å². The second-order valence-corrected chi connectivity index (χ2v) is 2.45. The van der Waals surface area contributed by atoms with E-state index < -0.39 is 0 Å². The molecule has 60 valence electrons. The second kappa shape index (κ2) is 2.50. The number of hydrogen-bond acceptors (Lipinski definition) is 4. The normalized spacial score (nSPS) is 10.0. The fourth-order valence-electron chi connectivity index (χ4n) is 0.894. The third-order valence-electron chi connectivity index (χ3n) is 1.63. The van der Waals surface area contributed by atoms with Crippen LogP contribution in [0.5, 0.6) is 11.8 Å². The number of aromatic hydroxyl groups is 2. The van der Waals surface area contributed by atoms with Crippen molar-refractivity contribution in [3.63, 3.8) is 0 Å². The molecule has 4 nitrogen and oxygen atoms in total. The van der Waals surface area contributed by atoms with Gasteiger partial charge in [0.25, 0.3) is 0 Å². The SMILES string of the molecule is Cc1c(N=S)c(O)n(C)c1O. The molecule has 0 aromatic carbocycles. The predicted molar refractivity (Wildman–Crippen MR) is 42.9 cm³/mol. The standard InChI is InChI=1S/C6H8N2O2S/c1-3-4(7-11)6(10)8(2)5(3)9/h9-10H,1-2H3. The molecule has 0 aliphatic heterocycles. The maximum absolute atomic E-state index is 9.24. The van der Waals surface area contributed by atoms with Gasteiger partial charge in [0.2, 0.25) is 5.88 Å². The van der Waals surface area contributed by atoms with E-state index in [0.29, 0.717) is 5.56 Å². The Labute approximate surface area is 69.3 Å². The highest BCUT2D eigenvalue weighted by atomic mass is 32.1. The maximum Gasteiger partial charge on any atom is 0.221 e. The minimum absolute atomic E-state index is 0.00824. The van der Waals surface area contributed by atoms with Gasteiger partial charge in [-0.25, -0.2) is 0 Å². The van der Waals surface area contributed by atoms with Crippen molar-refractivity contribution in [2.24, 2.45) is 11.4 Å². The molecule has 0 radical (unpaired) electrons. The molecule has 0 aliphatic carbocycles. The molecule has 0 aliphatic rings. The maximum atomic E-state index is 9.24. The first kappa shape index (κ1) is 8.00. The van der Waals surface area contributed by atoms with Crippen molar-refractivity contribution in [1.82, 2.24) is 4.57 Å².